The highest BCUT2D eigenvalue weighted by Crippen LogP contribution is 2.38. The lowest BCUT2D eigenvalue weighted by Crippen LogP contribution is -1.96. The molecule has 6 aromatic carbocycles. The largest absolute Gasteiger partial charge is 0.293 e. The molecule has 0 saturated carbocycles. The van der Waals surface area contributed by atoms with E-state index in [9.17, 15) is 0 Å². The number of hydrogen-bond acceptors (Lipinski definition) is 2. The number of nitrogens with zero attached hydrogens (tertiary/aromatic N) is 3. The van der Waals surface area contributed by atoms with Gasteiger partial charge in [-0.1, -0.05) is 84.9 Å². The summed E-state index contributed by atoms with van der Waals surface area (Å²) in [7, 11) is 0. The first-order valence-electron chi connectivity index (χ1n) is 12.5. The number of para-hydroxylation sites is 3. The molecule has 0 atom stereocenters. The van der Waals surface area contributed by atoms with Crippen molar-refractivity contribution < 1.29 is 0 Å². The minimum Gasteiger partial charge on any atom is -0.293 e. The molecule has 0 aliphatic rings. The van der Waals surface area contributed by atoms with Crippen LogP contribution in [-0.4, -0.2) is 14.5 Å². The van der Waals surface area contributed by atoms with E-state index in [0.29, 0.717) is 0 Å². The van der Waals surface area contributed by atoms with Gasteiger partial charge in [-0.15, -0.1) is 0 Å². The van der Waals surface area contributed by atoms with Gasteiger partial charge in [0.2, 0.25) is 0 Å². The molecule has 2 aromatic heterocycles. The van der Waals surface area contributed by atoms with Crippen LogP contribution in [0.5, 0.6) is 0 Å². The second kappa shape index (κ2) is 7.74. The van der Waals surface area contributed by atoms with E-state index in [2.05, 4.69) is 102 Å². The van der Waals surface area contributed by atoms with Crippen molar-refractivity contribution in [1.82, 2.24) is 14.5 Å². The molecule has 8 aromatic rings. The highest BCUT2D eigenvalue weighted by atomic mass is 15.1. The lowest BCUT2D eigenvalue weighted by Gasteiger charge is -2.12. The molecule has 2 heterocycles. The van der Waals surface area contributed by atoms with Gasteiger partial charge in [-0.2, -0.15) is 0 Å². The van der Waals surface area contributed by atoms with Crippen molar-refractivity contribution in [2.45, 2.75) is 0 Å². The molecule has 37 heavy (non-hydrogen) atoms. The van der Waals surface area contributed by atoms with Gasteiger partial charge >= 0.3 is 0 Å². The zero-order chi connectivity index (χ0) is 24.3. The fourth-order valence-corrected chi connectivity index (χ4v) is 5.66. The quantitative estimate of drug-likeness (QED) is 0.236. The van der Waals surface area contributed by atoms with Gasteiger partial charge in [0.15, 0.2) is 5.65 Å². The van der Waals surface area contributed by atoms with E-state index in [0.717, 1.165) is 38.8 Å². The van der Waals surface area contributed by atoms with Crippen LogP contribution in [0, 0.1) is 0 Å². The Morgan fingerprint density at radius 3 is 2.00 bits per heavy atom. The van der Waals surface area contributed by atoms with E-state index < -0.39 is 0 Å². The molecule has 0 N–H and O–H groups in total. The smallest absolute Gasteiger partial charge is 0.165 e. The summed E-state index contributed by atoms with van der Waals surface area (Å²) in [4.78, 5) is 10.2. The molecule has 3 heteroatoms. The second-order valence-corrected chi connectivity index (χ2v) is 9.48. The van der Waals surface area contributed by atoms with Crippen molar-refractivity contribution in [3.05, 3.63) is 127 Å². The molecule has 0 unspecified atom stereocenters. The van der Waals surface area contributed by atoms with Crippen LogP contribution in [0.2, 0.25) is 0 Å². The van der Waals surface area contributed by atoms with Crippen LogP contribution in [-0.2, 0) is 0 Å². The first-order valence-corrected chi connectivity index (χ1v) is 12.5. The van der Waals surface area contributed by atoms with Crippen molar-refractivity contribution in [1.29, 1.82) is 0 Å². The molecular formula is C34H21N3. The zero-order valence-corrected chi connectivity index (χ0v) is 20.0. The fraction of sp³-hybridized carbons (Fsp3) is 0. The number of fused-ring (bicyclic) bond motifs is 7. The van der Waals surface area contributed by atoms with Gasteiger partial charge in [-0.25, -0.2) is 9.97 Å². The molecule has 0 aliphatic heterocycles. The van der Waals surface area contributed by atoms with Crippen molar-refractivity contribution >= 4 is 54.6 Å². The van der Waals surface area contributed by atoms with Crippen molar-refractivity contribution in [3.63, 3.8) is 0 Å². The lowest BCUT2D eigenvalue weighted by molar-refractivity contribution is 1.14. The number of rotatable bonds is 2. The fourth-order valence-electron chi connectivity index (χ4n) is 5.66. The van der Waals surface area contributed by atoms with Crippen LogP contribution in [0.4, 0.5) is 0 Å². The first kappa shape index (κ1) is 20.2. The number of benzene rings is 6. The Morgan fingerprint density at radius 2 is 1.16 bits per heavy atom. The molecule has 0 fully saturated rings. The Balaban J connectivity index is 1.49. The molecule has 0 bridgehead atoms. The van der Waals surface area contributed by atoms with E-state index in [4.69, 9.17) is 9.97 Å². The average molecular weight is 472 g/mol. The van der Waals surface area contributed by atoms with Gasteiger partial charge < -0.3 is 0 Å². The summed E-state index contributed by atoms with van der Waals surface area (Å²) in [5.41, 5.74) is 8.19. The Labute approximate surface area is 213 Å². The second-order valence-electron chi connectivity index (χ2n) is 9.48. The minimum absolute atomic E-state index is 0.875. The third-order valence-electron chi connectivity index (χ3n) is 7.35. The van der Waals surface area contributed by atoms with Gasteiger partial charge in [-0.05, 0) is 75.1 Å². The average Bonchev–Trinajstić information content (AvgIpc) is 3.28. The first-order chi connectivity index (χ1) is 18.3. The van der Waals surface area contributed by atoms with Gasteiger partial charge in [0, 0.05) is 11.1 Å². The predicted octanol–water partition coefficient (Wildman–Crippen LogP) is 8.70. The van der Waals surface area contributed by atoms with Crippen molar-refractivity contribution in [2.75, 3.05) is 0 Å². The molecule has 0 spiro atoms. The van der Waals surface area contributed by atoms with E-state index in [1.807, 2.05) is 30.3 Å². The Morgan fingerprint density at radius 1 is 0.486 bits per heavy atom. The summed E-state index contributed by atoms with van der Waals surface area (Å²) in [6.45, 7) is 0. The maximum absolute atomic E-state index is 5.12. The standard InChI is InChI=1S/C34H21N3/c1-2-11-24(12-3-1)37-32-19-18-23(21-29(32)33-34(37)36-31-17-9-8-16-30(31)35-33)28-20-22-10-4-5-13-25(22)26-14-6-7-15-27(26)28/h1-21H. The molecule has 172 valence electrons. The van der Waals surface area contributed by atoms with E-state index >= 15 is 0 Å². The molecule has 0 aliphatic carbocycles. The minimum atomic E-state index is 0.875. The number of aromatic nitrogens is 3. The maximum Gasteiger partial charge on any atom is 0.165 e. The summed E-state index contributed by atoms with van der Waals surface area (Å²) in [6, 6.07) is 44.9. The third-order valence-corrected chi connectivity index (χ3v) is 7.35. The zero-order valence-electron chi connectivity index (χ0n) is 20.0. The SMILES string of the molecule is c1ccc(-n2c3ccc(-c4cc5ccccc5c5ccccc45)cc3c3nc4ccccc4nc32)cc1. The van der Waals surface area contributed by atoms with Crippen molar-refractivity contribution in [2.24, 2.45) is 0 Å². The Hall–Kier alpha value is -5.02. The van der Waals surface area contributed by atoms with Gasteiger partial charge in [-0.3, -0.25) is 4.57 Å². The molecule has 8 rings (SSSR count). The monoisotopic (exact) mass is 471 g/mol. The topological polar surface area (TPSA) is 30.7 Å². The summed E-state index contributed by atoms with van der Waals surface area (Å²) in [6.07, 6.45) is 0. The van der Waals surface area contributed by atoms with Crippen LogP contribution in [0.25, 0.3) is 71.5 Å². The molecular weight excluding hydrogens is 450 g/mol. The summed E-state index contributed by atoms with van der Waals surface area (Å²) < 4.78 is 2.23. The van der Waals surface area contributed by atoms with E-state index in [-0.39, 0.29) is 0 Å². The van der Waals surface area contributed by atoms with Crippen molar-refractivity contribution in [3.8, 4) is 16.8 Å². The molecule has 0 saturated heterocycles. The van der Waals surface area contributed by atoms with Gasteiger partial charge in [0.25, 0.3) is 0 Å². The number of hydrogen-bond donors (Lipinski definition) is 0. The normalized spacial score (nSPS) is 11.8. The maximum atomic E-state index is 5.12. The summed E-state index contributed by atoms with van der Waals surface area (Å²) in [5, 5.41) is 6.15. The highest BCUT2D eigenvalue weighted by Gasteiger charge is 2.17. The third kappa shape index (κ3) is 3.01. The van der Waals surface area contributed by atoms with E-state index in [1.165, 1.54) is 32.7 Å². The Kier molecular flexibility index (Phi) is 4.23. The molecule has 0 radical (unpaired) electrons. The van der Waals surface area contributed by atoms with Crippen LogP contribution >= 0.6 is 0 Å². The molecule has 0 amide bonds. The summed E-state index contributed by atoms with van der Waals surface area (Å²) >= 11 is 0. The Bertz CT molecular complexity index is 2140. The van der Waals surface area contributed by atoms with Crippen LogP contribution in [0.15, 0.2) is 127 Å². The van der Waals surface area contributed by atoms with Crippen LogP contribution in [0.1, 0.15) is 0 Å². The summed E-state index contributed by atoms with van der Waals surface area (Å²) in [5.74, 6) is 0. The van der Waals surface area contributed by atoms with Gasteiger partial charge in [0.05, 0.1) is 16.6 Å². The molecule has 3 nitrogen and oxygen atoms in total. The predicted molar refractivity (Wildman–Crippen MR) is 154 cm³/mol. The van der Waals surface area contributed by atoms with Gasteiger partial charge in [0.1, 0.15) is 5.52 Å². The van der Waals surface area contributed by atoms with Crippen LogP contribution < -0.4 is 0 Å². The highest BCUT2D eigenvalue weighted by molar-refractivity contribution is 6.15. The van der Waals surface area contributed by atoms with E-state index in [1.54, 1.807) is 0 Å². The lowest BCUT2D eigenvalue weighted by atomic mass is 9.93. The van der Waals surface area contributed by atoms with Crippen LogP contribution in [0.3, 0.4) is 0 Å².